The molecule has 0 radical (unpaired) electrons. The van der Waals surface area contributed by atoms with Gasteiger partial charge in [0, 0.05) is 12.8 Å². The van der Waals surface area contributed by atoms with Gasteiger partial charge >= 0.3 is 6.18 Å². The van der Waals surface area contributed by atoms with Gasteiger partial charge in [0.15, 0.2) is 0 Å². The number of halogens is 3. The molecule has 0 saturated heterocycles. The Labute approximate surface area is 111 Å². The molecule has 19 heavy (non-hydrogen) atoms. The van der Waals surface area contributed by atoms with Crippen molar-refractivity contribution in [3.63, 3.8) is 0 Å². The molecule has 4 rings (SSSR count). The first-order chi connectivity index (χ1) is 8.84. The highest BCUT2D eigenvalue weighted by molar-refractivity contribution is 5.79. The molecule has 4 aliphatic rings. The van der Waals surface area contributed by atoms with E-state index >= 15 is 0 Å². The van der Waals surface area contributed by atoms with Crippen molar-refractivity contribution >= 4 is 5.78 Å². The SMILES string of the molecule is O=C(CCC(F)(F)F)CC12CC3CC(CC(C3)C1)C2. The summed E-state index contributed by atoms with van der Waals surface area (Å²) in [5.74, 6) is 2.09. The molecule has 108 valence electrons. The highest BCUT2D eigenvalue weighted by Crippen LogP contribution is 2.61. The van der Waals surface area contributed by atoms with Gasteiger partial charge in [-0.05, 0) is 61.7 Å². The second-order valence-corrected chi connectivity index (χ2v) is 7.25. The van der Waals surface area contributed by atoms with Crippen molar-refractivity contribution in [1.29, 1.82) is 0 Å². The van der Waals surface area contributed by atoms with Crippen LogP contribution < -0.4 is 0 Å². The van der Waals surface area contributed by atoms with Crippen molar-refractivity contribution in [2.45, 2.75) is 64.0 Å². The van der Waals surface area contributed by atoms with Crippen LogP contribution in [0.2, 0.25) is 0 Å². The van der Waals surface area contributed by atoms with Crippen LogP contribution in [0, 0.1) is 23.2 Å². The molecule has 4 aliphatic carbocycles. The molecule has 0 aromatic rings. The van der Waals surface area contributed by atoms with Gasteiger partial charge in [-0.25, -0.2) is 0 Å². The number of hydrogen-bond acceptors (Lipinski definition) is 1. The zero-order valence-corrected chi connectivity index (χ0v) is 11.1. The van der Waals surface area contributed by atoms with E-state index in [-0.39, 0.29) is 17.6 Å². The number of Topliss-reactive ketones (excluding diaryl/α,β-unsaturated/α-hetero) is 1. The van der Waals surface area contributed by atoms with Crippen molar-refractivity contribution in [1.82, 2.24) is 0 Å². The lowest BCUT2D eigenvalue weighted by atomic mass is 9.48. The summed E-state index contributed by atoms with van der Waals surface area (Å²) in [5, 5.41) is 0. The number of carbonyl (C=O) groups excluding carboxylic acids is 1. The molecule has 4 heteroatoms. The third-order valence-electron chi connectivity index (χ3n) is 5.42. The molecule has 4 fully saturated rings. The van der Waals surface area contributed by atoms with Gasteiger partial charge < -0.3 is 0 Å². The molecule has 1 nitrogen and oxygen atoms in total. The van der Waals surface area contributed by atoms with Crippen molar-refractivity contribution in [3.05, 3.63) is 0 Å². The smallest absolute Gasteiger partial charge is 0.300 e. The third-order valence-corrected chi connectivity index (χ3v) is 5.42. The van der Waals surface area contributed by atoms with Crippen molar-refractivity contribution < 1.29 is 18.0 Å². The van der Waals surface area contributed by atoms with Crippen molar-refractivity contribution in [3.8, 4) is 0 Å². The Morgan fingerprint density at radius 2 is 1.47 bits per heavy atom. The highest BCUT2D eigenvalue weighted by Gasteiger charge is 2.51. The molecule has 0 N–H and O–H groups in total. The average molecular weight is 274 g/mol. The van der Waals surface area contributed by atoms with Gasteiger partial charge in [0.2, 0.25) is 0 Å². The Morgan fingerprint density at radius 1 is 1.00 bits per heavy atom. The number of carbonyl (C=O) groups is 1. The minimum Gasteiger partial charge on any atom is -0.300 e. The summed E-state index contributed by atoms with van der Waals surface area (Å²) >= 11 is 0. The topological polar surface area (TPSA) is 17.1 Å². The third kappa shape index (κ3) is 2.97. The van der Waals surface area contributed by atoms with Gasteiger partial charge in [-0.1, -0.05) is 0 Å². The molecule has 0 aromatic heterocycles. The zero-order chi connectivity index (χ0) is 13.7. The predicted octanol–water partition coefficient (Wildman–Crippen LogP) is 4.50. The summed E-state index contributed by atoms with van der Waals surface area (Å²) < 4.78 is 36.5. The van der Waals surface area contributed by atoms with Gasteiger partial charge in [0.05, 0.1) is 6.42 Å². The molecule has 4 saturated carbocycles. The summed E-state index contributed by atoms with van der Waals surface area (Å²) in [6.45, 7) is 0. The van der Waals surface area contributed by atoms with Crippen LogP contribution >= 0.6 is 0 Å². The van der Waals surface area contributed by atoms with E-state index in [2.05, 4.69) is 0 Å². The molecule has 0 aliphatic heterocycles. The van der Waals surface area contributed by atoms with Gasteiger partial charge in [-0.3, -0.25) is 4.79 Å². The maximum absolute atomic E-state index is 12.2. The van der Waals surface area contributed by atoms with Crippen LogP contribution in [-0.2, 0) is 4.79 Å². The molecule has 0 spiro atoms. The second kappa shape index (κ2) is 4.49. The van der Waals surface area contributed by atoms with E-state index in [1.54, 1.807) is 0 Å². The fourth-order valence-electron chi connectivity index (χ4n) is 5.29. The standard InChI is InChI=1S/C15H21F3O/c16-15(17,18)2-1-13(19)9-14-6-10-3-11(7-14)5-12(4-10)8-14/h10-12H,1-9H2. The van der Waals surface area contributed by atoms with E-state index < -0.39 is 12.6 Å². The predicted molar refractivity (Wildman–Crippen MR) is 65.5 cm³/mol. The molecular formula is C15H21F3O. The lowest BCUT2D eigenvalue weighted by Gasteiger charge is -2.56. The first-order valence-corrected chi connectivity index (χ1v) is 7.42. The van der Waals surface area contributed by atoms with Crippen molar-refractivity contribution in [2.24, 2.45) is 23.2 Å². The molecule has 0 unspecified atom stereocenters. The zero-order valence-electron chi connectivity index (χ0n) is 11.1. The summed E-state index contributed by atoms with van der Waals surface area (Å²) in [6, 6.07) is 0. The number of hydrogen-bond donors (Lipinski definition) is 0. The quantitative estimate of drug-likeness (QED) is 0.737. The number of alkyl halides is 3. The number of rotatable bonds is 4. The molecular weight excluding hydrogens is 253 g/mol. The van der Waals surface area contributed by atoms with Crippen LogP contribution in [0.1, 0.15) is 57.8 Å². The highest BCUT2D eigenvalue weighted by atomic mass is 19.4. The van der Waals surface area contributed by atoms with Gasteiger partial charge in [-0.15, -0.1) is 0 Å². The fourth-order valence-corrected chi connectivity index (χ4v) is 5.29. The van der Waals surface area contributed by atoms with E-state index in [1.807, 2.05) is 0 Å². The molecule has 0 heterocycles. The monoisotopic (exact) mass is 274 g/mol. The van der Waals surface area contributed by atoms with E-state index in [1.165, 1.54) is 19.3 Å². The summed E-state index contributed by atoms with van der Waals surface area (Å²) in [5.41, 5.74) is 0.0808. The normalized spacial score (nSPS) is 40.7. The summed E-state index contributed by atoms with van der Waals surface area (Å²) in [4.78, 5) is 11.9. The van der Waals surface area contributed by atoms with Crippen molar-refractivity contribution in [2.75, 3.05) is 0 Å². The average Bonchev–Trinajstić information content (AvgIpc) is 2.22. The van der Waals surface area contributed by atoms with Gasteiger partial charge in [-0.2, -0.15) is 13.2 Å². The first-order valence-electron chi connectivity index (χ1n) is 7.42. The fraction of sp³-hybridized carbons (Fsp3) is 0.933. The Hall–Kier alpha value is -0.540. The van der Waals surface area contributed by atoms with E-state index in [0.717, 1.165) is 37.0 Å². The Balaban J connectivity index is 1.59. The lowest BCUT2D eigenvalue weighted by Crippen LogP contribution is -2.46. The number of ketones is 1. The van der Waals surface area contributed by atoms with Gasteiger partial charge in [0.25, 0.3) is 0 Å². The van der Waals surface area contributed by atoms with Crippen LogP contribution in [0.25, 0.3) is 0 Å². The molecule has 0 amide bonds. The Bertz CT molecular complexity index is 337. The molecule has 4 bridgehead atoms. The minimum atomic E-state index is -4.20. The summed E-state index contributed by atoms with van der Waals surface area (Å²) in [6.07, 6.45) is 2.14. The minimum absolute atomic E-state index is 0.0808. The summed E-state index contributed by atoms with van der Waals surface area (Å²) in [7, 11) is 0. The van der Waals surface area contributed by atoms with Crippen LogP contribution in [0.5, 0.6) is 0 Å². The van der Waals surface area contributed by atoms with E-state index in [9.17, 15) is 18.0 Å². The maximum atomic E-state index is 12.2. The molecule has 0 atom stereocenters. The van der Waals surface area contributed by atoms with Crippen LogP contribution in [0.4, 0.5) is 13.2 Å². The Kier molecular flexibility index (Phi) is 3.18. The van der Waals surface area contributed by atoms with Crippen LogP contribution in [0.3, 0.4) is 0 Å². The van der Waals surface area contributed by atoms with Crippen LogP contribution in [-0.4, -0.2) is 12.0 Å². The van der Waals surface area contributed by atoms with E-state index in [4.69, 9.17) is 0 Å². The second-order valence-electron chi connectivity index (χ2n) is 7.25. The first kappa shape index (κ1) is 13.4. The van der Waals surface area contributed by atoms with Gasteiger partial charge in [0.1, 0.15) is 5.78 Å². The lowest BCUT2D eigenvalue weighted by molar-refractivity contribution is -0.146. The maximum Gasteiger partial charge on any atom is 0.389 e. The largest absolute Gasteiger partial charge is 0.389 e. The molecule has 0 aromatic carbocycles. The van der Waals surface area contributed by atoms with E-state index in [0.29, 0.717) is 6.42 Å². The Morgan fingerprint density at radius 3 is 1.89 bits per heavy atom. The van der Waals surface area contributed by atoms with Crippen LogP contribution in [0.15, 0.2) is 0 Å².